The Morgan fingerprint density at radius 2 is 1.95 bits per heavy atom. The maximum absolute atomic E-state index is 8.85. The molecule has 0 atom stereocenters. The molecular formula is C16H12ClNO. The highest BCUT2D eigenvalue weighted by atomic mass is 35.5. The predicted octanol–water partition coefficient (Wildman–Crippen LogP) is 4.59. The molecule has 0 spiro atoms. The van der Waals surface area contributed by atoms with Gasteiger partial charge < -0.3 is 4.74 Å². The molecule has 0 N–H and O–H groups in total. The van der Waals surface area contributed by atoms with Gasteiger partial charge in [0.25, 0.3) is 0 Å². The Morgan fingerprint density at radius 1 is 1.21 bits per heavy atom. The maximum Gasteiger partial charge on any atom is 0.145 e. The average molecular weight is 270 g/mol. The zero-order valence-corrected chi connectivity index (χ0v) is 11.2. The van der Waals surface area contributed by atoms with Crippen LogP contribution in [0.5, 0.6) is 5.75 Å². The van der Waals surface area contributed by atoms with E-state index in [1.165, 1.54) is 6.08 Å². The lowest BCUT2D eigenvalue weighted by Crippen LogP contribution is -1.95. The molecule has 0 bridgehead atoms. The molecule has 0 fully saturated rings. The number of nitrogens with zero attached hydrogens (tertiary/aromatic N) is 1. The maximum atomic E-state index is 8.85. The van der Waals surface area contributed by atoms with Gasteiger partial charge in [0.05, 0.1) is 12.1 Å². The standard InChI is InChI=1S/C16H12ClNO/c1-12-11-14(7-8-15(12)17)19-16(9-10-18)13-5-3-2-4-6-13/h2-9,11H,1H3/b16-9-. The topological polar surface area (TPSA) is 33.0 Å². The number of aryl methyl sites for hydroxylation is 1. The molecule has 0 aliphatic rings. The summed E-state index contributed by atoms with van der Waals surface area (Å²) in [6, 6.07) is 16.9. The number of benzene rings is 2. The molecule has 0 radical (unpaired) electrons. The van der Waals surface area contributed by atoms with Crippen LogP contribution in [-0.2, 0) is 0 Å². The van der Waals surface area contributed by atoms with Crippen LogP contribution < -0.4 is 4.74 Å². The molecule has 0 saturated heterocycles. The van der Waals surface area contributed by atoms with E-state index in [9.17, 15) is 0 Å². The van der Waals surface area contributed by atoms with Crippen molar-refractivity contribution in [1.82, 2.24) is 0 Å². The molecule has 2 aromatic carbocycles. The molecule has 3 heteroatoms. The first kappa shape index (κ1) is 13.2. The summed E-state index contributed by atoms with van der Waals surface area (Å²) in [6.45, 7) is 1.91. The zero-order valence-electron chi connectivity index (χ0n) is 10.4. The molecule has 2 aromatic rings. The SMILES string of the molecule is Cc1cc(O/C(=C\C#N)c2ccccc2)ccc1Cl. The first-order valence-electron chi connectivity index (χ1n) is 5.80. The summed E-state index contributed by atoms with van der Waals surface area (Å²) in [4.78, 5) is 0. The monoisotopic (exact) mass is 269 g/mol. The van der Waals surface area contributed by atoms with E-state index in [2.05, 4.69) is 0 Å². The van der Waals surface area contributed by atoms with E-state index in [1.807, 2.05) is 49.4 Å². The lowest BCUT2D eigenvalue weighted by atomic mass is 10.2. The van der Waals surface area contributed by atoms with Gasteiger partial charge in [-0.1, -0.05) is 41.9 Å². The lowest BCUT2D eigenvalue weighted by Gasteiger charge is -2.10. The largest absolute Gasteiger partial charge is 0.456 e. The van der Waals surface area contributed by atoms with Crippen molar-refractivity contribution < 1.29 is 4.74 Å². The summed E-state index contributed by atoms with van der Waals surface area (Å²) < 4.78 is 5.76. The molecule has 0 aliphatic carbocycles. The minimum absolute atomic E-state index is 0.518. The predicted molar refractivity (Wildman–Crippen MR) is 76.8 cm³/mol. The highest BCUT2D eigenvalue weighted by Crippen LogP contribution is 2.25. The van der Waals surface area contributed by atoms with E-state index in [-0.39, 0.29) is 0 Å². The Hall–Kier alpha value is -2.24. The zero-order chi connectivity index (χ0) is 13.7. The van der Waals surface area contributed by atoms with E-state index in [1.54, 1.807) is 12.1 Å². The Kier molecular flexibility index (Phi) is 4.22. The summed E-state index contributed by atoms with van der Waals surface area (Å²) in [5.74, 6) is 1.18. The van der Waals surface area contributed by atoms with E-state index < -0.39 is 0 Å². The molecule has 0 amide bonds. The molecule has 0 heterocycles. The van der Waals surface area contributed by atoms with Crippen LogP contribution in [0.3, 0.4) is 0 Å². The van der Waals surface area contributed by atoms with Gasteiger partial charge in [-0.2, -0.15) is 5.26 Å². The molecule has 0 unspecified atom stereocenters. The fourth-order valence-corrected chi connectivity index (χ4v) is 1.76. The van der Waals surface area contributed by atoms with Crippen molar-refractivity contribution >= 4 is 17.4 Å². The minimum Gasteiger partial charge on any atom is -0.456 e. The number of rotatable bonds is 3. The Balaban J connectivity index is 2.30. The van der Waals surface area contributed by atoms with Gasteiger partial charge in [0, 0.05) is 10.6 Å². The third-order valence-corrected chi connectivity index (χ3v) is 3.04. The third-order valence-electron chi connectivity index (χ3n) is 2.61. The number of allylic oxidation sites excluding steroid dienone is 1. The van der Waals surface area contributed by atoms with Gasteiger partial charge in [0.1, 0.15) is 11.5 Å². The van der Waals surface area contributed by atoms with Crippen molar-refractivity contribution in [3.05, 3.63) is 70.8 Å². The van der Waals surface area contributed by atoms with Crippen LogP contribution in [0, 0.1) is 18.3 Å². The van der Waals surface area contributed by atoms with Gasteiger partial charge in [-0.05, 0) is 30.7 Å². The molecule has 2 rings (SSSR count). The third kappa shape index (κ3) is 3.37. The average Bonchev–Trinajstić information content (AvgIpc) is 2.43. The normalized spacial score (nSPS) is 10.9. The van der Waals surface area contributed by atoms with E-state index in [0.717, 1.165) is 11.1 Å². The molecule has 0 saturated carbocycles. The number of halogens is 1. The van der Waals surface area contributed by atoms with Crippen LogP contribution in [-0.4, -0.2) is 0 Å². The molecule has 94 valence electrons. The summed E-state index contributed by atoms with van der Waals surface area (Å²) in [5, 5.41) is 9.54. The second-order valence-electron chi connectivity index (χ2n) is 4.02. The number of nitriles is 1. The summed E-state index contributed by atoms with van der Waals surface area (Å²) in [6.07, 6.45) is 1.39. The fourth-order valence-electron chi connectivity index (χ4n) is 1.64. The van der Waals surface area contributed by atoms with Gasteiger partial charge >= 0.3 is 0 Å². The molecule has 0 aliphatic heterocycles. The van der Waals surface area contributed by atoms with E-state index in [4.69, 9.17) is 21.6 Å². The van der Waals surface area contributed by atoms with Crippen molar-refractivity contribution in [1.29, 1.82) is 5.26 Å². The van der Waals surface area contributed by atoms with Gasteiger partial charge in [0.15, 0.2) is 0 Å². The van der Waals surface area contributed by atoms with Gasteiger partial charge in [-0.3, -0.25) is 0 Å². The number of hydrogen-bond donors (Lipinski definition) is 0. The van der Waals surface area contributed by atoms with E-state index >= 15 is 0 Å². The van der Waals surface area contributed by atoms with Crippen LogP contribution in [0.15, 0.2) is 54.6 Å². The molecule has 2 nitrogen and oxygen atoms in total. The fraction of sp³-hybridized carbons (Fsp3) is 0.0625. The van der Waals surface area contributed by atoms with Crippen molar-refractivity contribution in [2.75, 3.05) is 0 Å². The van der Waals surface area contributed by atoms with Crippen molar-refractivity contribution in [3.8, 4) is 11.8 Å². The lowest BCUT2D eigenvalue weighted by molar-refractivity contribution is 0.515. The second-order valence-corrected chi connectivity index (χ2v) is 4.42. The summed E-state index contributed by atoms with van der Waals surface area (Å²) >= 11 is 5.97. The van der Waals surface area contributed by atoms with Gasteiger partial charge in [-0.25, -0.2) is 0 Å². The first-order valence-corrected chi connectivity index (χ1v) is 6.17. The number of ether oxygens (including phenoxy) is 1. The van der Waals surface area contributed by atoms with Crippen LogP contribution in [0.2, 0.25) is 5.02 Å². The second kappa shape index (κ2) is 6.08. The molecule has 19 heavy (non-hydrogen) atoms. The number of hydrogen-bond acceptors (Lipinski definition) is 2. The van der Waals surface area contributed by atoms with Crippen molar-refractivity contribution in [2.45, 2.75) is 6.92 Å². The van der Waals surface area contributed by atoms with Crippen molar-refractivity contribution in [2.24, 2.45) is 0 Å². The minimum atomic E-state index is 0.518. The smallest absolute Gasteiger partial charge is 0.145 e. The highest BCUT2D eigenvalue weighted by molar-refractivity contribution is 6.31. The molecular weight excluding hydrogens is 258 g/mol. The Labute approximate surface area is 117 Å². The quantitative estimate of drug-likeness (QED) is 0.603. The van der Waals surface area contributed by atoms with E-state index in [0.29, 0.717) is 16.5 Å². The first-order chi connectivity index (χ1) is 9.20. The van der Waals surface area contributed by atoms with Gasteiger partial charge in [0.2, 0.25) is 0 Å². The summed E-state index contributed by atoms with van der Waals surface area (Å²) in [5.41, 5.74) is 1.79. The Bertz CT molecular complexity index is 642. The van der Waals surface area contributed by atoms with Crippen LogP contribution in [0.1, 0.15) is 11.1 Å². The van der Waals surface area contributed by atoms with Gasteiger partial charge in [-0.15, -0.1) is 0 Å². The Morgan fingerprint density at radius 3 is 2.58 bits per heavy atom. The molecule has 0 aromatic heterocycles. The van der Waals surface area contributed by atoms with Crippen molar-refractivity contribution in [3.63, 3.8) is 0 Å². The highest BCUT2D eigenvalue weighted by Gasteiger charge is 2.05. The van der Waals surface area contributed by atoms with Crippen LogP contribution in [0.25, 0.3) is 5.76 Å². The van der Waals surface area contributed by atoms with Crippen LogP contribution >= 0.6 is 11.6 Å². The van der Waals surface area contributed by atoms with Crippen LogP contribution in [0.4, 0.5) is 0 Å². The summed E-state index contributed by atoms with van der Waals surface area (Å²) in [7, 11) is 0.